The second kappa shape index (κ2) is 4.59. The van der Waals surface area contributed by atoms with Gasteiger partial charge in [-0.05, 0) is 13.8 Å². The smallest absolute Gasteiger partial charge is 0.326 e. The van der Waals surface area contributed by atoms with E-state index in [0.29, 0.717) is 0 Å². The molecule has 0 fully saturated rings. The van der Waals surface area contributed by atoms with E-state index in [1.165, 1.54) is 20.9 Å². The van der Waals surface area contributed by atoms with Crippen LogP contribution in [0, 0.1) is 5.92 Å². The fourth-order valence-corrected chi connectivity index (χ4v) is 0.768. The topological polar surface area (TPSA) is 94.9 Å². The van der Waals surface area contributed by atoms with Crippen LogP contribution in [0.15, 0.2) is 0 Å². The zero-order valence-corrected chi connectivity index (χ0v) is 8.22. The highest BCUT2D eigenvalue weighted by molar-refractivity contribution is 5.97. The Bertz CT molecular complexity index is 262. The summed E-state index contributed by atoms with van der Waals surface area (Å²) in [5.74, 6) is -4.37. The Labute approximate surface area is 81.1 Å². The summed E-state index contributed by atoms with van der Waals surface area (Å²) < 4.78 is 0. The van der Waals surface area contributed by atoms with Gasteiger partial charge >= 0.3 is 11.9 Å². The van der Waals surface area contributed by atoms with Gasteiger partial charge in [0.1, 0.15) is 12.0 Å². The summed E-state index contributed by atoms with van der Waals surface area (Å²) in [4.78, 5) is 33.2. The maximum absolute atomic E-state index is 11.3. The normalized spacial score (nSPS) is 14.2. The van der Waals surface area contributed by atoms with Crippen LogP contribution in [0.25, 0.3) is 0 Å². The van der Waals surface area contributed by atoms with Crippen LogP contribution >= 0.6 is 0 Å². The number of hydrogen-bond acceptors (Lipinski definition) is 3. The molecule has 0 aromatic heterocycles. The average molecular weight is 203 g/mol. The molecule has 0 saturated carbocycles. The first kappa shape index (κ1) is 12.4. The Hall–Kier alpha value is -1.59. The largest absolute Gasteiger partial charge is 0.481 e. The van der Waals surface area contributed by atoms with E-state index in [2.05, 4.69) is 0 Å². The second-order valence-electron chi connectivity index (χ2n) is 3.02. The molecular formula is C8H13NO5. The third kappa shape index (κ3) is 2.72. The van der Waals surface area contributed by atoms with Gasteiger partial charge in [-0.15, -0.1) is 0 Å². The van der Waals surface area contributed by atoms with Crippen molar-refractivity contribution < 1.29 is 24.6 Å². The van der Waals surface area contributed by atoms with Crippen LogP contribution in [0.2, 0.25) is 0 Å². The molecule has 0 aliphatic rings. The van der Waals surface area contributed by atoms with Crippen molar-refractivity contribution in [2.75, 3.05) is 7.05 Å². The Morgan fingerprint density at radius 3 is 1.79 bits per heavy atom. The van der Waals surface area contributed by atoms with Gasteiger partial charge in [0.2, 0.25) is 5.91 Å². The predicted molar refractivity (Wildman–Crippen MR) is 46.7 cm³/mol. The van der Waals surface area contributed by atoms with Gasteiger partial charge in [-0.3, -0.25) is 9.59 Å². The number of amides is 1. The zero-order valence-electron chi connectivity index (χ0n) is 8.22. The molecule has 0 saturated heterocycles. The molecule has 0 heterocycles. The van der Waals surface area contributed by atoms with Crippen LogP contribution in [-0.4, -0.2) is 46.0 Å². The van der Waals surface area contributed by atoms with Crippen molar-refractivity contribution in [3.05, 3.63) is 0 Å². The number of aliphatic carboxylic acids is 2. The maximum atomic E-state index is 11.3. The molecule has 0 radical (unpaired) electrons. The lowest BCUT2D eigenvalue weighted by atomic mass is 10.1. The highest BCUT2D eigenvalue weighted by atomic mass is 16.4. The molecule has 0 aliphatic heterocycles. The van der Waals surface area contributed by atoms with Crippen molar-refractivity contribution in [2.45, 2.75) is 19.9 Å². The molecule has 2 N–H and O–H groups in total. The third-order valence-corrected chi connectivity index (χ3v) is 2.03. The van der Waals surface area contributed by atoms with E-state index in [4.69, 9.17) is 10.2 Å². The Balaban J connectivity index is 4.54. The molecule has 1 amide bonds. The number of carbonyl (C=O) groups excluding carboxylic acids is 1. The number of carbonyl (C=O) groups is 3. The summed E-state index contributed by atoms with van der Waals surface area (Å²) in [6, 6.07) is -1.02. The fraction of sp³-hybridized carbons (Fsp3) is 0.625. The highest BCUT2D eigenvalue weighted by Crippen LogP contribution is 2.05. The number of likely N-dealkylation sites (N-methyl/N-ethyl adjacent to an activating group) is 1. The summed E-state index contributed by atoms with van der Waals surface area (Å²) in [7, 11) is 1.26. The molecule has 80 valence electrons. The number of carboxylic acid groups (broad SMARTS) is 2. The molecule has 2 unspecified atom stereocenters. The molecule has 2 atom stereocenters. The van der Waals surface area contributed by atoms with Gasteiger partial charge in [0.25, 0.3) is 0 Å². The lowest BCUT2D eigenvalue weighted by Crippen LogP contribution is -2.44. The minimum atomic E-state index is -1.26. The summed E-state index contributed by atoms with van der Waals surface area (Å²) in [5.41, 5.74) is 0. The summed E-state index contributed by atoms with van der Waals surface area (Å²) in [6.45, 7) is 2.53. The number of hydrogen-bond donors (Lipinski definition) is 2. The fourth-order valence-electron chi connectivity index (χ4n) is 0.768. The van der Waals surface area contributed by atoms with E-state index in [-0.39, 0.29) is 0 Å². The van der Waals surface area contributed by atoms with Crippen molar-refractivity contribution >= 4 is 17.8 Å². The number of carboxylic acids is 2. The standard InChI is InChI=1S/C8H13NO5/c1-4(7(11)12)6(10)9(3)5(2)8(13)14/h4-5H,1-3H3,(H,11,12)(H,13,14). The first-order chi connectivity index (χ1) is 6.29. The average Bonchev–Trinajstić information content (AvgIpc) is 2.12. The zero-order chi connectivity index (χ0) is 11.5. The second-order valence-corrected chi connectivity index (χ2v) is 3.02. The van der Waals surface area contributed by atoms with Gasteiger partial charge in [0.05, 0.1) is 0 Å². The first-order valence-electron chi connectivity index (χ1n) is 4.01. The SMILES string of the molecule is CC(C(=O)O)C(=O)N(C)C(C)C(=O)O. The van der Waals surface area contributed by atoms with E-state index in [1.54, 1.807) is 0 Å². The van der Waals surface area contributed by atoms with Crippen LogP contribution in [0.4, 0.5) is 0 Å². The summed E-state index contributed by atoms with van der Waals surface area (Å²) >= 11 is 0. The molecule has 6 heteroatoms. The van der Waals surface area contributed by atoms with Gasteiger partial charge in [-0.25, -0.2) is 4.79 Å². The quantitative estimate of drug-likeness (QED) is 0.608. The first-order valence-corrected chi connectivity index (χ1v) is 4.01. The monoisotopic (exact) mass is 203 g/mol. The summed E-state index contributed by atoms with van der Waals surface area (Å²) in [6.07, 6.45) is 0. The van der Waals surface area contributed by atoms with Gasteiger partial charge < -0.3 is 15.1 Å². The van der Waals surface area contributed by atoms with Gasteiger partial charge in [0, 0.05) is 7.05 Å². The van der Waals surface area contributed by atoms with Gasteiger partial charge in [-0.1, -0.05) is 0 Å². The summed E-state index contributed by atoms with van der Waals surface area (Å²) in [5, 5.41) is 17.1. The van der Waals surface area contributed by atoms with Crippen LogP contribution in [0.5, 0.6) is 0 Å². The minimum absolute atomic E-state index is 0.715. The molecule has 0 aliphatic carbocycles. The number of nitrogens with zero attached hydrogens (tertiary/aromatic N) is 1. The number of rotatable bonds is 4. The molecule has 0 spiro atoms. The van der Waals surface area contributed by atoms with E-state index < -0.39 is 29.8 Å². The lowest BCUT2D eigenvalue weighted by molar-refractivity contribution is -0.155. The van der Waals surface area contributed by atoms with E-state index >= 15 is 0 Å². The van der Waals surface area contributed by atoms with Crippen molar-refractivity contribution in [2.24, 2.45) is 5.92 Å². The molecular weight excluding hydrogens is 190 g/mol. The van der Waals surface area contributed by atoms with Crippen LogP contribution in [0.1, 0.15) is 13.8 Å². The van der Waals surface area contributed by atoms with Gasteiger partial charge in [-0.2, -0.15) is 0 Å². The van der Waals surface area contributed by atoms with Gasteiger partial charge in [0.15, 0.2) is 0 Å². The molecule has 6 nitrogen and oxygen atoms in total. The van der Waals surface area contributed by atoms with Crippen molar-refractivity contribution in [1.29, 1.82) is 0 Å². The molecule has 0 rings (SSSR count). The van der Waals surface area contributed by atoms with Crippen molar-refractivity contribution in [3.8, 4) is 0 Å². The van der Waals surface area contributed by atoms with Crippen LogP contribution < -0.4 is 0 Å². The molecule has 0 aromatic rings. The van der Waals surface area contributed by atoms with Crippen molar-refractivity contribution in [3.63, 3.8) is 0 Å². The Kier molecular flexibility index (Phi) is 4.07. The third-order valence-electron chi connectivity index (χ3n) is 2.03. The predicted octanol–water partition coefficient (Wildman–Crippen LogP) is -0.361. The highest BCUT2D eigenvalue weighted by Gasteiger charge is 2.29. The Morgan fingerprint density at radius 2 is 1.50 bits per heavy atom. The maximum Gasteiger partial charge on any atom is 0.326 e. The van der Waals surface area contributed by atoms with Crippen LogP contribution in [-0.2, 0) is 14.4 Å². The van der Waals surface area contributed by atoms with E-state index in [1.807, 2.05) is 0 Å². The molecule has 0 bridgehead atoms. The van der Waals surface area contributed by atoms with Crippen LogP contribution in [0.3, 0.4) is 0 Å². The minimum Gasteiger partial charge on any atom is -0.481 e. The lowest BCUT2D eigenvalue weighted by Gasteiger charge is -2.23. The molecule has 14 heavy (non-hydrogen) atoms. The molecule has 0 aromatic carbocycles. The van der Waals surface area contributed by atoms with Crippen molar-refractivity contribution in [1.82, 2.24) is 4.90 Å². The Morgan fingerprint density at radius 1 is 1.07 bits per heavy atom. The van der Waals surface area contributed by atoms with E-state index in [9.17, 15) is 14.4 Å². The van der Waals surface area contributed by atoms with E-state index in [0.717, 1.165) is 4.90 Å².